The lowest BCUT2D eigenvalue weighted by atomic mass is 10.8. The molecule has 0 amide bonds. The highest BCUT2D eigenvalue weighted by atomic mass is 35.5. The molecule has 0 bridgehead atoms. The third kappa shape index (κ3) is 22.5. The van der Waals surface area contributed by atoms with Gasteiger partial charge in [0.05, 0.1) is 13.2 Å². The van der Waals surface area contributed by atoms with E-state index in [1.165, 1.54) is 0 Å². The van der Waals surface area contributed by atoms with Gasteiger partial charge in [0.2, 0.25) is 0 Å². The SMILES string of the molecule is O=C(Cl)OCCOC(=O)Cl.OCCO. The highest BCUT2D eigenvalue weighted by molar-refractivity contribution is 6.61. The van der Waals surface area contributed by atoms with E-state index in [1.54, 1.807) is 0 Å². The molecule has 84 valence electrons. The fourth-order valence-electron chi connectivity index (χ4n) is 0.244. The van der Waals surface area contributed by atoms with Gasteiger partial charge in [0.25, 0.3) is 0 Å². The number of rotatable bonds is 4. The summed E-state index contributed by atoms with van der Waals surface area (Å²) in [6.07, 6.45) is 0. The molecular formula is C6H10Cl2O6. The van der Waals surface area contributed by atoms with Crippen LogP contribution in [0.2, 0.25) is 0 Å². The van der Waals surface area contributed by atoms with Gasteiger partial charge in [0.1, 0.15) is 13.2 Å². The van der Waals surface area contributed by atoms with Gasteiger partial charge in [-0.15, -0.1) is 0 Å². The molecule has 0 aromatic carbocycles. The molecule has 0 rings (SSSR count). The van der Waals surface area contributed by atoms with E-state index in [4.69, 9.17) is 33.4 Å². The van der Waals surface area contributed by atoms with Crippen LogP contribution < -0.4 is 0 Å². The van der Waals surface area contributed by atoms with E-state index in [9.17, 15) is 9.59 Å². The van der Waals surface area contributed by atoms with Crippen LogP contribution >= 0.6 is 23.2 Å². The van der Waals surface area contributed by atoms with Crippen molar-refractivity contribution in [3.8, 4) is 0 Å². The van der Waals surface area contributed by atoms with Crippen LogP contribution in [-0.4, -0.2) is 47.5 Å². The fourth-order valence-corrected chi connectivity index (χ4v) is 0.398. The summed E-state index contributed by atoms with van der Waals surface area (Å²) in [5, 5.41) is 15.2. The molecule has 0 fully saturated rings. The fraction of sp³-hybridized carbons (Fsp3) is 0.667. The number of aliphatic hydroxyl groups excluding tert-OH is 2. The highest BCUT2D eigenvalue weighted by Gasteiger charge is 1.97. The average Bonchev–Trinajstić information content (AvgIpc) is 2.12. The predicted octanol–water partition coefficient (Wildman–Crippen LogP) is 0.708. The Balaban J connectivity index is 0. The quantitative estimate of drug-likeness (QED) is 0.562. The van der Waals surface area contributed by atoms with Crippen molar-refractivity contribution < 1.29 is 29.3 Å². The summed E-state index contributed by atoms with van der Waals surface area (Å²) in [5.74, 6) is 0. The Hall–Kier alpha value is -0.560. The van der Waals surface area contributed by atoms with Gasteiger partial charge in [-0.1, -0.05) is 0 Å². The normalized spacial score (nSPS) is 8.29. The third-order valence-corrected chi connectivity index (χ3v) is 0.833. The summed E-state index contributed by atoms with van der Waals surface area (Å²) in [6.45, 7) is -0.415. The van der Waals surface area contributed by atoms with E-state index < -0.39 is 10.9 Å². The second-order valence-corrected chi connectivity index (χ2v) is 2.24. The molecule has 0 spiro atoms. The van der Waals surface area contributed by atoms with Gasteiger partial charge in [-0.3, -0.25) is 0 Å². The lowest BCUT2D eigenvalue weighted by Gasteiger charge is -1.98. The summed E-state index contributed by atoms with van der Waals surface area (Å²) in [5.41, 5.74) is -1.88. The van der Waals surface area contributed by atoms with Crippen LogP contribution in [0.5, 0.6) is 0 Å². The molecule has 0 unspecified atom stereocenters. The van der Waals surface area contributed by atoms with Crippen molar-refractivity contribution >= 4 is 34.1 Å². The first kappa shape index (κ1) is 15.9. The molecule has 0 aromatic heterocycles. The molecule has 0 saturated heterocycles. The molecule has 0 atom stereocenters. The molecule has 0 aliphatic carbocycles. The third-order valence-electron chi connectivity index (χ3n) is 0.614. The van der Waals surface area contributed by atoms with E-state index in [2.05, 4.69) is 9.47 Å². The van der Waals surface area contributed by atoms with E-state index in [-0.39, 0.29) is 26.4 Å². The first-order valence-electron chi connectivity index (χ1n) is 3.40. The summed E-state index contributed by atoms with van der Waals surface area (Å²) in [7, 11) is 0. The topological polar surface area (TPSA) is 93.1 Å². The molecule has 6 nitrogen and oxygen atoms in total. The lowest BCUT2D eigenvalue weighted by Crippen LogP contribution is -2.06. The van der Waals surface area contributed by atoms with Crippen LogP contribution in [0.15, 0.2) is 0 Å². The first-order valence-corrected chi connectivity index (χ1v) is 4.16. The van der Waals surface area contributed by atoms with Gasteiger partial charge in [0.15, 0.2) is 0 Å². The molecule has 2 N–H and O–H groups in total. The highest BCUT2D eigenvalue weighted by Crippen LogP contribution is 1.89. The Bertz CT molecular complexity index is 144. The molecular weight excluding hydrogens is 239 g/mol. The second-order valence-electron chi connectivity index (χ2n) is 1.62. The molecule has 8 heteroatoms. The van der Waals surface area contributed by atoms with Gasteiger partial charge < -0.3 is 19.7 Å². The molecule has 0 radical (unpaired) electrons. The minimum Gasteiger partial charge on any atom is -0.450 e. The number of halogens is 2. The number of hydrogen-bond donors (Lipinski definition) is 2. The molecule has 0 saturated carbocycles. The number of carbonyl (C=O) groups is 2. The molecule has 0 aliphatic heterocycles. The maximum Gasteiger partial charge on any atom is 0.403 e. The summed E-state index contributed by atoms with van der Waals surface area (Å²) in [4.78, 5) is 19.7. The minimum atomic E-state index is -0.939. The smallest absolute Gasteiger partial charge is 0.403 e. The van der Waals surface area contributed by atoms with Gasteiger partial charge >= 0.3 is 10.9 Å². The van der Waals surface area contributed by atoms with Gasteiger partial charge in [-0.2, -0.15) is 0 Å². The van der Waals surface area contributed by atoms with E-state index in [0.717, 1.165) is 0 Å². The maximum absolute atomic E-state index is 9.86. The van der Waals surface area contributed by atoms with Crippen molar-refractivity contribution in [3.63, 3.8) is 0 Å². The van der Waals surface area contributed by atoms with Crippen molar-refractivity contribution in [2.75, 3.05) is 26.4 Å². The zero-order chi connectivity index (χ0) is 11.4. The molecule has 0 heterocycles. The Kier molecular flexibility index (Phi) is 14.1. The maximum atomic E-state index is 9.86. The Morgan fingerprint density at radius 3 is 1.36 bits per heavy atom. The number of aliphatic hydroxyl groups is 2. The average molecular weight is 249 g/mol. The Morgan fingerprint density at radius 1 is 0.929 bits per heavy atom. The second kappa shape index (κ2) is 12.4. The number of hydrogen-bond acceptors (Lipinski definition) is 6. The zero-order valence-corrected chi connectivity index (χ0v) is 8.62. The Labute approximate surface area is 90.3 Å². The van der Waals surface area contributed by atoms with Crippen LogP contribution in [0.4, 0.5) is 9.59 Å². The van der Waals surface area contributed by atoms with Gasteiger partial charge in [-0.25, -0.2) is 9.59 Å². The van der Waals surface area contributed by atoms with Crippen molar-refractivity contribution in [2.24, 2.45) is 0 Å². The first-order chi connectivity index (χ1) is 6.54. The number of ether oxygens (including phenoxy) is 2. The van der Waals surface area contributed by atoms with E-state index >= 15 is 0 Å². The summed E-state index contributed by atoms with van der Waals surface area (Å²) in [6, 6.07) is 0. The monoisotopic (exact) mass is 248 g/mol. The van der Waals surface area contributed by atoms with E-state index in [1.807, 2.05) is 0 Å². The molecule has 0 aromatic rings. The largest absolute Gasteiger partial charge is 0.450 e. The van der Waals surface area contributed by atoms with Gasteiger partial charge in [0, 0.05) is 23.2 Å². The Morgan fingerprint density at radius 2 is 1.21 bits per heavy atom. The van der Waals surface area contributed by atoms with E-state index in [0.29, 0.717) is 0 Å². The van der Waals surface area contributed by atoms with Crippen LogP contribution in [0.3, 0.4) is 0 Å². The predicted molar refractivity (Wildman–Crippen MR) is 48.6 cm³/mol. The summed E-state index contributed by atoms with van der Waals surface area (Å²) >= 11 is 9.52. The zero-order valence-electron chi connectivity index (χ0n) is 7.11. The van der Waals surface area contributed by atoms with Gasteiger partial charge in [-0.05, 0) is 0 Å². The molecule has 0 aliphatic rings. The van der Waals surface area contributed by atoms with Crippen LogP contribution in [0.25, 0.3) is 0 Å². The lowest BCUT2D eigenvalue weighted by molar-refractivity contribution is 0.121. The molecule has 14 heavy (non-hydrogen) atoms. The van der Waals surface area contributed by atoms with Crippen molar-refractivity contribution in [3.05, 3.63) is 0 Å². The minimum absolute atomic E-state index is 0.0825. The van der Waals surface area contributed by atoms with Crippen molar-refractivity contribution in [2.45, 2.75) is 0 Å². The van der Waals surface area contributed by atoms with Crippen LogP contribution in [-0.2, 0) is 9.47 Å². The number of carbonyl (C=O) groups excluding carboxylic acids is 2. The van der Waals surface area contributed by atoms with Crippen LogP contribution in [0, 0.1) is 0 Å². The van der Waals surface area contributed by atoms with Crippen LogP contribution in [0.1, 0.15) is 0 Å². The van der Waals surface area contributed by atoms with Crippen molar-refractivity contribution in [1.82, 2.24) is 0 Å². The summed E-state index contributed by atoms with van der Waals surface area (Å²) < 4.78 is 8.37. The standard InChI is InChI=1S/C4H4Cl2O4.C2H6O2/c5-3(7)9-1-2-10-4(6)8;3-1-2-4/h1-2H2;3-4H,1-2H2. The van der Waals surface area contributed by atoms with Crippen molar-refractivity contribution in [1.29, 1.82) is 0 Å².